The Morgan fingerprint density at radius 3 is 2.17 bits per heavy atom. The highest BCUT2D eigenvalue weighted by atomic mass is 35.6. The van der Waals surface area contributed by atoms with Gasteiger partial charge < -0.3 is 5.32 Å². The van der Waals surface area contributed by atoms with Crippen molar-refractivity contribution in [1.82, 2.24) is 10.6 Å². The number of halogens is 3. The zero-order valence-corrected chi connectivity index (χ0v) is 13.1. The van der Waals surface area contributed by atoms with Gasteiger partial charge in [-0.3, -0.25) is 10.1 Å². The number of hydrogen-bond acceptors (Lipinski definition) is 2. The number of carbonyl (C=O) groups is 1. The quantitative estimate of drug-likeness (QED) is 0.617. The van der Waals surface area contributed by atoms with E-state index in [1.54, 1.807) is 0 Å². The molecular formula is C12H21Cl3N2O. The maximum atomic E-state index is 11.7. The van der Waals surface area contributed by atoms with Gasteiger partial charge in [0.15, 0.2) is 0 Å². The number of alkyl halides is 3. The Morgan fingerprint density at radius 1 is 1.17 bits per heavy atom. The summed E-state index contributed by atoms with van der Waals surface area (Å²) in [6, 6.07) is 0.312. The van der Waals surface area contributed by atoms with Gasteiger partial charge in [-0.2, -0.15) is 0 Å². The summed E-state index contributed by atoms with van der Waals surface area (Å²) >= 11 is 17.8. The van der Waals surface area contributed by atoms with Gasteiger partial charge in [0.2, 0.25) is 9.70 Å². The van der Waals surface area contributed by atoms with E-state index in [0.717, 1.165) is 12.8 Å². The molecule has 1 unspecified atom stereocenters. The van der Waals surface area contributed by atoms with Crippen LogP contribution in [-0.2, 0) is 4.79 Å². The molecule has 1 amide bonds. The van der Waals surface area contributed by atoms with Gasteiger partial charge in [-0.15, -0.1) is 0 Å². The molecule has 3 nitrogen and oxygen atoms in total. The Hall–Kier alpha value is 0.300. The molecule has 0 heterocycles. The Balaban J connectivity index is 2.58. The van der Waals surface area contributed by atoms with Crippen molar-refractivity contribution in [2.45, 2.75) is 62.0 Å². The molecule has 18 heavy (non-hydrogen) atoms. The van der Waals surface area contributed by atoms with Crippen LogP contribution in [0.4, 0.5) is 0 Å². The van der Waals surface area contributed by atoms with E-state index in [1.807, 2.05) is 13.8 Å². The third-order valence-electron chi connectivity index (χ3n) is 3.15. The van der Waals surface area contributed by atoms with E-state index < -0.39 is 9.96 Å². The number of amides is 1. The molecule has 0 saturated heterocycles. The van der Waals surface area contributed by atoms with Crippen LogP contribution in [0.25, 0.3) is 0 Å². The minimum atomic E-state index is -1.54. The summed E-state index contributed by atoms with van der Waals surface area (Å²) < 4.78 is -1.54. The molecule has 0 aromatic heterocycles. The van der Waals surface area contributed by atoms with E-state index in [4.69, 9.17) is 34.8 Å². The molecule has 2 N–H and O–H groups in total. The van der Waals surface area contributed by atoms with Gasteiger partial charge in [-0.25, -0.2) is 0 Å². The first-order chi connectivity index (χ1) is 8.30. The van der Waals surface area contributed by atoms with Crippen LogP contribution < -0.4 is 10.6 Å². The van der Waals surface area contributed by atoms with Gasteiger partial charge in [0.1, 0.15) is 6.17 Å². The minimum Gasteiger partial charge on any atom is -0.336 e. The summed E-state index contributed by atoms with van der Waals surface area (Å²) in [6.07, 6.45) is 5.11. The molecule has 1 fully saturated rings. The third kappa shape index (κ3) is 5.52. The zero-order chi connectivity index (χ0) is 13.8. The maximum Gasteiger partial charge on any atom is 0.223 e. The first kappa shape index (κ1) is 16.4. The Bertz CT molecular complexity index is 273. The molecule has 1 atom stereocenters. The molecule has 1 rings (SSSR count). The molecule has 1 aliphatic rings. The number of hydrogen-bond donors (Lipinski definition) is 2. The highest BCUT2D eigenvalue weighted by Gasteiger charge is 2.35. The van der Waals surface area contributed by atoms with Crippen LogP contribution in [0.5, 0.6) is 0 Å². The lowest BCUT2D eigenvalue weighted by Gasteiger charge is -2.33. The summed E-state index contributed by atoms with van der Waals surface area (Å²) in [4.78, 5) is 11.7. The van der Waals surface area contributed by atoms with E-state index in [9.17, 15) is 4.79 Å². The van der Waals surface area contributed by atoms with Crippen LogP contribution in [0.15, 0.2) is 0 Å². The van der Waals surface area contributed by atoms with Crippen molar-refractivity contribution in [3.63, 3.8) is 0 Å². The fourth-order valence-electron chi connectivity index (χ4n) is 2.03. The predicted octanol–water partition coefficient (Wildman–Crippen LogP) is 3.38. The Kier molecular flexibility index (Phi) is 6.52. The zero-order valence-electron chi connectivity index (χ0n) is 10.8. The van der Waals surface area contributed by atoms with Crippen LogP contribution in [0.3, 0.4) is 0 Å². The SMILES string of the molecule is CC(C)C(=O)NC(NC1CCCCC1)C(Cl)(Cl)Cl. The van der Waals surface area contributed by atoms with Gasteiger partial charge >= 0.3 is 0 Å². The van der Waals surface area contributed by atoms with E-state index in [-0.39, 0.29) is 11.8 Å². The molecular weight excluding hydrogens is 295 g/mol. The van der Waals surface area contributed by atoms with Crippen molar-refractivity contribution in [3.8, 4) is 0 Å². The van der Waals surface area contributed by atoms with E-state index in [1.165, 1.54) is 19.3 Å². The minimum absolute atomic E-state index is 0.116. The number of rotatable bonds is 4. The van der Waals surface area contributed by atoms with Crippen molar-refractivity contribution in [1.29, 1.82) is 0 Å². The molecule has 1 aliphatic carbocycles. The lowest BCUT2D eigenvalue weighted by Crippen LogP contribution is -2.57. The van der Waals surface area contributed by atoms with Crippen LogP contribution in [-0.4, -0.2) is 21.9 Å². The number of carbonyl (C=O) groups excluding carboxylic acids is 1. The fraction of sp³-hybridized carbons (Fsp3) is 0.917. The lowest BCUT2D eigenvalue weighted by atomic mass is 9.95. The second-order valence-corrected chi connectivity index (χ2v) is 7.51. The molecule has 1 saturated carbocycles. The summed E-state index contributed by atoms with van der Waals surface area (Å²) in [5, 5.41) is 6.01. The normalized spacial score (nSPS) is 19.9. The van der Waals surface area contributed by atoms with E-state index in [0.29, 0.717) is 6.04 Å². The van der Waals surface area contributed by atoms with Gasteiger partial charge in [0, 0.05) is 12.0 Å². The van der Waals surface area contributed by atoms with Crippen molar-refractivity contribution >= 4 is 40.7 Å². The first-order valence-corrected chi connectivity index (χ1v) is 7.57. The van der Waals surface area contributed by atoms with Crippen molar-refractivity contribution < 1.29 is 4.79 Å². The highest BCUT2D eigenvalue weighted by molar-refractivity contribution is 6.68. The fourth-order valence-corrected chi connectivity index (χ4v) is 2.38. The summed E-state index contributed by atoms with van der Waals surface area (Å²) in [7, 11) is 0. The molecule has 6 heteroatoms. The highest BCUT2D eigenvalue weighted by Crippen LogP contribution is 2.30. The van der Waals surface area contributed by atoms with Crippen LogP contribution in [0.2, 0.25) is 0 Å². The van der Waals surface area contributed by atoms with Gasteiger partial charge in [0.25, 0.3) is 0 Å². The van der Waals surface area contributed by atoms with Crippen LogP contribution in [0.1, 0.15) is 46.0 Å². The molecule has 0 aromatic rings. The molecule has 0 aliphatic heterocycles. The largest absolute Gasteiger partial charge is 0.336 e. The standard InChI is InChI=1S/C12H21Cl3N2O/c1-8(2)10(18)17-11(12(13,14)15)16-9-6-4-3-5-7-9/h8-9,11,16H,3-7H2,1-2H3,(H,17,18). The lowest BCUT2D eigenvalue weighted by molar-refractivity contribution is -0.125. The van der Waals surface area contributed by atoms with E-state index in [2.05, 4.69) is 10.6 Å². The van der Waals surface area contributed by atoms with E-state index >= 15 is 0 Å². The Labute approximate surface area is 124 Å². The average molecular weight is 316 g/mol. The molecule has 0 radical (unpaired) electrons. The van der Waals surface area contributed by atoms with Gasteiger partial charge in [0.05, 0.1) is 0 Å². The second kappa shape index (κ2) is 7.18. The third-order valence-corrected chi connectivity index (χ3v) is 3.80. The monoisotopic (exact) mass is 314 g/mol. The second-order valence-electron chi connectivity index (χ2n) is 5.14. The summed E-state index contributed by atoms with van der Waals surface area (Å²) in [5.41, 5.74) is 0. The van der Waals surface area contributed by atoms with Crippen molar-refractivity contribution in [2.75, 3.05) is 0 Å². The van der Waals surface area contributed by atoms with Gasteiger partial charge in [-0.1, -0.05) is 67.9 Å². The van der Waals surface area contributed by atoms with Crippen LogP contribution >= 0.6 is 34.8 Å². The molecule has 0 bridgehead atoms. The first-order valence-electron chi connectivity index (χ1n) is 6.44. The van der Waals surface area contributed by atoms with Crippen LogP contribution in [0, 0.1) is 5.92 Å². The smallest absolute Gasteiger partial charge is 0.223 e. The number of nitrogens with one attached hydrogen (secondary N) is 2. The molecule has 0 aromatic carbocycles. The summed E-state index contributed by atoms with van der Waals surface area (Å²) in [6.45, 7) is 3.62. The molecule has 0 spiro atoms. The van der Waals surface area contributed by atoms with Gasteiger partial charge in [-0.05, 0) is 12.8 Å². The summed E-state index contributed by atoms with van der Waals surface area (Å²) in [5.74, 6) is -0.248. The van der Waals surface area contributed by atoms with Crippen molar-refractivity contribution in [3.05, 3.63) is 0 Å². The topological polar surface area (TPSA) is 41.1 Å². The predicted molar refractivity (Wildman–Crippen MR) is 77.1 cm³/mol. The molecule has 106 valence electrons. The van der Waals surface area contributed by atoms with Crippen molar-refractivity contribution in [2.24, 2.45) is 5.92 Å². The average Bonchev–Trinajstić information content (AvgIpc) is 2.28. The Morgan fingerprint density at radius 2 is 1.72 bits per heavy atom. The maximum absolute atomic E-state index is 11.7.